The highest BCUT2D eigenvalue weighted by molar-refractivity contribution is 6.06. The van der Waals surface area contributed by atoms with Gasteiger partial charge in [-0.15, -0.1) is 0 Å². The van der Waals surface area contributed by atoms with E-state index in [4.69, 9.17) is 5.73 Å². The quantitative estimate of drug-likeness (QED) is 0.596. The molecular formula is C14H12F3N3O3. The molecule has 0 spiro atoms. The van der Waals surface area contributed by atoms with Crippen LogP contribution in [0.4, 0.5) is 18.9 Å². The zero-order valence-corrected chi connectivity index (χ0v) is 11.7. The van der Waals surface area contributed by atoms with Gasteiger partial charge < -0.3 is 10.6 Å². The highest BCUT2D eigenvalue weighted by Crippen LogP contribution is 2.37. The summed E-state index contributed by atoms with van der Waals surface area (Å²) in [6, 6.07) is 0.640. The van der Waals surface area contributed by atoms with Gasteiger partial charge in [-0.05, 0) is 18.6 Å². The smallest absolute Gasteiger partial charge is 0.398 e. The fourth-order valence-electron chi connectivity index (χ4n) is 2.85. The molecule has 1 atom stereocenters. The molecule has 3 rings (SSSR count). The fraction of sp³-hybridized carbons (Fsp3) is 0.357. The molecule has 2 aliphatic heterocycles. The molecule has 6 nitrogen and oxygen atoms in total. The second kappa shape index (κ2) is 4.97. The molecule has 122 valence electrons. The van der Waals surface area contributed by atoms with Gasteiger partial charge in [-0.2, -0.15) is 13.2 Å². The van der Waals surface area contributed by atoms with Crippen molar-refractivity contribution in [3.8, 4) is 0 Å². The second-order valence-electron chi connectivity index (χ2n) is 5.49. The molecule has 1 unspecified atom stereocenters. The van der Waals surface area contributed by atoms with Crippen molar-refractivity contribution in [2.24, 2.45) is 0 Å². The number of nitrogens with two attached hydrogens (primary N) is 1. The lowest BCUT2D eigenvalue weighted by molar-refractivity contribution is -0.138. The van der Waals surface area contributed by atoms with Crippen LogP contribution in [0.1, 0.15) is 34.3 Å². The van der Waals surface area contributed by atoms with E-state index in [2.05, 4.69) is 5.32 Å². The zero-order valence-electron chi connectivity index (χ0n) is 11.7. The van der Waals surface area contributed by atoms with Crippen LogP contribution in [0.25, 0.3) is 0 Å². The maximum absolute atomic E-state index is 12.8. The molecule has 2 aliphatic rings. The third-order valence-electron chi connectivity index (χ3n) is 4.02. The van der Waals surface area contributed by atoms with Crippen molar-refractivity contribution in [1.29, 1.82) is 0 Å². The number of amides is 3. The normalized spacial score (nSPS) is 21.4. The number of nitrogens with one attached hydrogen (secondary N) is 1. The average Bonchev–Trinajstić information content (AvgIpc) is 2.76. The van der Waals surface area contributed by atoms with E-state index in [1.54, 1.807) is 0 Å². The molecule has 0 aromatic heterocycles. The lowest BCUT2D eigenvalue weighted by Crippen LogP contribution is -2.52. The van der Waals surface area contributed by atoms with E-state index < -0.39 is 35.5 Å². The minimum Gasteiger partial charge on any atom is -0.398 e. The Kier molecular flexibility index (Phi) is 3.31. The van der Waals surface area contributed by atoms with E-state index in [9.17, 15) is 27.6 Å². The molecule has 1 fully saturated rings. The van der Waals surface area contributed by atoms with Crippen LogP contribution < -0.4 is 11.1 Å². The number of nitrogen functional groups attached to an aromatic ring is 1. The Morgan fingerprint density at radius 3 is 2.52 bits per heavy atom. The Labute approximate surface area is 128 Å². The van der Waals surface area contributed by atoms with Crippen LogP contribution in [0, 0.1) is 0 Å². The monoisotopic (exact) mass is 327 g/mol. The number of hydrogen-bond donors (Lipinski definition) is 2. The molecule has 1 saturated heterocycles. The van der Waals surface area contributed by atoms with Crippen LogP contribution in [0.2, 0.25) is 0 Å². The van der Waals surface area contributed by atoms with E-state index in [0.717, 1.165) is 17.0 Å². The van der Waals surface area contributed by atoms with E-state index in [-0.39, 0.29) is 36.2 Å². The Balaban J connectivity index is 1.95. The van der Waals surface area contributed by atoms with E-state index in [0.29, 0.717) is 0 Å². The Bertz CT molecular complexity index is 730. The van der Waals surface area contributed by atoms with Crippen molar-refractivity contribution in [2.75, 3.05) is 5.73 Å². The van der Waals surface area contributed by atoms with Crippen LogP contribution in [-0.2, 0) is 22.3 Å². The van der Waals surface area contributed by atoms with Gasteiger partial charge in [-0.1, -0.05) is 0 Å². The van der Waals surface area contributed by atoms with Crippen LogP contribution in [-0.4, -0.2) is 28.7 Å². The summed E-state index contributed by atoms with van der Waals surface area (Å²) >= 11 is 0. The third-order valence-corrected chi connectivity index (χ3v) is 4.02. The number of alkyl halides is 3. The minimum absolute atomic E-state index is 0.0512. The largest absolute Gasteiger partial charge is 0.416 e. The summed E-state index contributed by atoms with van der Waals surface area (Å²) in [5.41, 5.74) is 4.62. The second-order valence-corrected chi connectivity index (χ2v) is 5.49. The topological polar surface area (TPSA) is 92.5 Å². The number of hydrogen-bond acceptors (Lipinski definition) is 4. The summed E-state index contributed by atoms with van der Waals surface area (Å²) in [4.78, 5) is 36.6. The van der Waals surface area contributed by atoms with Crippen LogP contribution in [0.3, 0.4) is 0 Å². The molecule has 0 radical (unpaired) electrons. The van der Waals surface area contributed by atoms with Crippen LogP contribution in [0.5, 0.6) is 0 Å². The number of carbonyl (C=O) groups excluding carboxylic acids is 3. The molecule has 3 amide bonds. The zero-order chi connectivity index (χ0) is 16.9. The number of piperidine rings is 1. The van der Waals surface area contributed by atoms with Gasteiger partial charge in [0.05, 0.1) is 5.56 Å². The standard InChI is InChI=1S/C14H12F3N3O3/c15-14(16,17)6-3-7-8(9(18)4-6)5-20(13(7)23)10-1-2-11(21)19-12(10)22/h3-4,10H,1-2,5,18H2,(H,19,21,22). The molecule has 1 aromatic carbocycles. The molecule has 1 aromatic rings. The molecule has 2 heterocycles. The first-order valence-electron chi connectivity index (χ1n) is 6.82. The number of carbonyl (C=O) groups is 3. The van der Waals surface area contributed by atoms with Gasteiger partial charge in [0.2, 0.25) is 11.8 Å². The molecule has 9 heteroatoms. The SMILES string of the molecule is Nc1cc(C(F)(F)F)cc2c1CN(C1CCC(=O)NC1=O)C2=O. The fourth-order valence-corrected chi connectivity index (χ4v) is 2.85. The van der Waals surface area contributed by atoms with Gasteiger partial charge in [-0.3, -0.25) is 19.7 Å². The van der Waals surface area contributed by atoms with Crippen molar-refractivity contribution in [2.45, 2.75) is 31.6 Å². The van der Waals surface area contributed by atoms with Gasteiger partial charge in [0.1, 0.15) is 6.04 Å². The maximum atomic E-state index is 12.8. The number of benzene rings is 1. The number of anilines is 1. The number of nitrogens with zero attached hydrogens (tertiary/aromatic N) is 1. The van der Waals surface area contributed by atoms with Gasteiger partial charge in [0.15, 0.2) is 0 Å². The predicted octanol–water partition coefficient (Wildman–Crippen LogP) is 1.05. The summed E-state index contributed by atoms with van der Waals surface area (Å²) in [7, 11) is 0. The highest BCUT2D eigenvalue weighted by Gasteiger charge is 2.41. The summed E-state index contributed by atoms with van der Waals surface area (Å²) in [6.07, 6.45) is -4.41. The van der Waals surface area contributed by atoms with Crippen LogP contribution in [0.15, 0.2) is 12.1 Å². The van der Waals surface area contributed by atoms with Gasteiger partial charge >= 0.3 is 6.18 Å². The first kappa shape index (κ1) is 15.3. The molecule has 0 aliphatic carbocycles. The third kappa shape index (κ3) is 2.51. The van der Waals surface area contributed by atoms with Crippen molar-refractivity contribution < 1.29 is 27.6 Å². The number of fused-ring (bicyclic) bond motifs is 1. The molecular weight excluding hydrogens is 315 g/mol. The van der Waals surface area contributed by atoms with Gasteiger partial charge in [0.25, 0.3) is 5.91 Å². The van der Waals surface area contributed by atoms with Crippen molar-refractivity contribution in [3.63, 3.8) is 0 Å². The van der Waals surface area contributed by atoms with Crippen LogP contribution >= 0.6 is 0 Å². The summed E-state index contributed by atoms with van der Waals surface area (Å²) in [6.45, 7) is -0.0512. The Hall–Kier alpha value is -2.58. The molecule has 0 bridgehead atoms. The van der Waals surface area contributed by atoms with Crippen molar-refractivity contribution in [1.82, 2.24) is 10.2 Å². The lowest BCUT2D eigenvalue weighted by atomic mass is 10.0. The van der Waals surface area contributed by atoms with Crippen molar-refractivity contribution >= 4 is 23.4 Å². The number of rotatable bonds is 1. The number of halogens is 3. The Morgan fingerprint density at radius 1 is 1.22 bits per heavy atom. The first-order valence-corrected chi connectivity index (χ1v) is 6.82. The highest BCUT2D eigenvalue weighted by atomic mass is 19.4. The van der Waals surface area contributed by atoms with E-state index >= 15 is 0 Å². The molecule has 3 N–H and O–H groups in total. The average molecular weight is 327 g/mol. The first-order chi connectivity index (χ1) is 10.7. The summed E-state index contributed by atoms with van der Waals surface area (Å²) < 4.78 is 38.5. The Morgan fingerprint density at radius 2 is 1.91 bits per heavy atom. The van der Waals surface area contributed by atoms with Crippen molar-refractivity contribution in [3.05, 3.63) is 28.8 Å². The molecule has 23 heavy (non-hydrogen) atoms. The van der Waals surface area contributed by atoms with E-state index in [1.165, 1.54) is 0 Å². The maximum Gasteiger partial charge on any atom is 0.416 e. The lowest BCUT2D eigenvalue weighted by Gasteiger charge is -2.29. The van der Waals surface area contributed by atoms with Gasteiger partial charge in [-0.25, -0.2) is 0 Å². The molecule has 0 saturated carbocycles. The summed E-state index contributed by atoms with van der Waals surface area (Å²) in [5.74, 6) is -1.75. The predicted molar refractivity (Wildman–Crippen MR) is 71.9 cm³/mol. The van der Waals surface area contributed by atoms with Gasteiger partial charge in [0, 0.05) is 29.8 Å². The number of imide groups is 1. The minimum atomic E-state index is -4.62. The van der Waals surface area contributed by atoms with E-state index in [1.807, 2.05) is 0 Å². The summed E-state index contributed by atoms with van der Waals surface area (Å²) in [5, 5.41) is 2.12.